The number of nitrogens with one attached hydrogen (secondary N) is 1. The number of carbonyl (C=O) groups excluding carboxylic acids is 1. The van der Waals surface area contributed by atoms with Crippen LogP contribution in [0.3, 0.4) is 0 Å². The van der Waals surface area contributed by atoms with Gasteiger partial charge < -0.3 is 9.80 Å². The molecule has 0 spiro atoms. The molecular formula is C22H20Cl2N4O3S. The van der Waals surface area contributed by atoms with Crippen LogP contribution in [-0.4, -0.2) is 45.5 Å². The first-order chi connectivity index (χ1) is 15.3. The summed E-state index contributed by atoms with van der Waals surface area (Å²) >= 11 is 11.8. The summed E-state index contributed by atoms with van der Waals surface area (Å²) in [4.78, 5) is 21.0. The van der Waals surface area contributed by atoms with Crippen LogP contribution >= 0.6 is 23.2 Å². The van der Waals surface area contributed by atoms with Crippen LogP contribution in [0.2, 0.25) is 10.0 Å². The van der Waals surface area contributed by atoms with Crippen molar-refractivity contribution in [2.24, 2.45) is 0 Å². The minimum Gasteiger partial charge on any atom is -0.368 e. The summed E-state index contributed by atoms with van der Waals surface area (Å²) in [5.74, 6) is -0.156. The maximum atomic E-state index is 12.6. The summed E-state index contributed by atoms with van der Waals surface area (Å²) in [6, 6.07) is 17.5. The van der Waals surface area contributed by atoms with Gasteiger partial charge in [0.25, 0.3) is 15.9 Å². The van der Waals surface area contributed by atoms with E-state index in [9.17, 15) is 13.2 Å². The highest BCUT2D eigenvalue weighted by atomic mass is 35.5. The zero-order chi connectivity index (χ0) is 22.7. The highest BCUT2D eigenvalue weighted by molar-refractivity contribution is 7.90. The summed E-state index contributed by atoms with van der Waals surface area (Å²) in [5, 5.41) is 0.409. The highest BCUT2D eigenvalue weighted by Gasteiger charge is 2.22. The number of pyridine rings is 1. The molecule has 0 bridgehead atoms. The van der Waals surface area contributed by atoms with E-state index in [1.165, 1.54) is 36.1 Å². The third-order valence-electron chi connectivity index (χ3n) is 5.16. The van der Waals surface area contributed by atoms with Crippen molar-refractivity contribution < 1.29 is 13.2 Å². The lowest BCUT2D eigenvalue weighted by Gasteiger charge is -2.36. The molecule has 1 aliphatic heterocycles. The van der Waals surface area contributed by atoms with Gasteiger partial charge in [0.1, 0.15) is 10.7 Å². The fourth-order valence-electron chi connectivity index (χ4n) is 3.46. The Labute approximate surface area is 196 Å². The maximum absolute atomic E-state index is 12.6. The molecule has 1 amide bonds. The average molecular weight is 491 g/mol. The predicted molar refractivity (Wildman–Crippen MR) is 126 cm³/mol. The Bertz CT molecular complexity index is 1210. The molecule has 0 atom stereocenters. The Kier molecular flexibility index (Phi) is 6.55. The number of nitrogens with zero attached hydrogens (tertiary/aromatic N) is 3. The number of hydrogen-bond acceptors (Lipinski definition) is 6. The number of para-hydroxylation sites is 1. The number of benzene rings is 2. The van der Waals surface area contributed by atoms with Gasteiger partial charge >= 0.3 is 0 Å². The van der Waals surface area contributed by atoms with Crippen LogP contribution in [0.25, 0.3) is 0 Å². The lowest BCUT2D eigenvalue weighted by molar-refractivity contribution is 0.0981. The number of rotatable bonds is 5. The van der Waals surface area contributed by atoms with Gasteiger partial charge in [-0.1, -0.05) is 41.4 Å². The van der Waals surface area contributed by atoms with Crippen molar-refractivity contribution in [3.8, 4) is 0 Å². The standard InChI is InChI=1S/C22H20Cl2N4O3S/c23-16-6-8-19(20(24)14-16)22(29)26-32(30,31)18-7-9-21(25-15-18)28-12-10-27(11-13-28)17-4-2-1-3-5-17/h1-9,14-15H,10-13H2,(H,26,29). The Morgan fingerprint density at radius 3 is 2.22 bits per heavy atom. The molecule has 3 aromatic rings. The fourth-order valence-corrected chi connectivity index (χ4v) is 4.87. The number of aromatic nitrogens is 1. The topological polar surface area (TPSA) is 82.6 Å². The van der Waals surface area contributed by atoms with Gasteiger partial charge in [0.15, 0.2) is 0 Å². The molecule has 1 aliphatic rings. The zero-order valence-electron chi connectivity index (χ0n) is 16.9. The minimum atomic E-state index is -4.11. The lowest BCUT2D eigenvalue weighted by Crippen LogP contribution is -2.46. The number of halogens is 2. The number of carbonyl (C=O) groups is 1. The van der Waals surface area contributed by atoms with E-state index in [-0.39, 0.29) is 15.5 Å². The quantitative estimate of drug-likeness (QED) is 0.584. The average Bonchev–Trinajstić information content (AvgIpc) is 2.79. The van der Waals surface area contributed by atoms with E-state index in [2.05, 4.69) is 26.9 Å². The fraction of sp³-hybridized carbons (Fsp3) is 0.182. The molecule has 4 rings (SSSR count). The first kappa shape index (κ1) is 22.4. The molecule has 32 heavy (non-hydrogen) atoms. The molecule has 1 saturated heterocycles. The van der Waals surface area contributed by atoms with E-state index in [0.717, 1.165) is 26.2 Å². The van der Waals surface area contributed by atoms with Crippen molar-refractivity contribution in [1.29, 1.82) is 0 Å². The summed E-state index contributed by atoms with van der Waals surface area (Å²) in [7, 11) is -4.11. The van der Waals surface area contributed by atoms with Crippen molar-refractivity contribution in [2.75, 3.05) is 36.0 Å². The summed E-state index contributed by atoms with van der Waals surface area (Å²) < 4.78 is 27.3. The molecule has 166 valence electrons. The second kappa shape index (κ2) is 9.36. The van der Waals surface area contributed by atoms with Crippen molar-refractivity contribution in [3.63, 3.8) is 0 Å². The second-order valence-corrected chi connectivity index (χ2v) is 9.75. The predicted octanol–water partition coefficient (Wildman–Crippen LogP) is 3.83. The van der Waals surface area contributed by atoms with E-state index in [1.807, 2.05) is 22.9 Å². The Morgan fingerprint density at radius 2 is 1.59 bits per heavy atom. The molecule has 0 radical (unpaired) electrons. The monoisotopic (exact) mass is 490 g/mol. The SMILES string of the molecule is O=C(NS(=O)(=O)c1ccc(N2CCN(c3ccccc3)CC2)nc1)c1ccc(Cl)cc1Cl. The first-order valence-electron chi connectivity index (χ1n) is 9.87. The maximum Gasteiger partial charge on any atom is 0.266 e. The van der Waals surface area contributed by atoms with Gasteiger partial charge in [-0.05, 0) is 42.5 Å². The molecule has 1 N–H and O–H groups in total. The third-order valence-corrected chi connectivity index (χ3v) is 7.02. The molecule has 0 saturated carbocycles. The second-order valence-electron chi connectivity index (χ2n) is 7.22. The molecule has 1 aromatic heterocycles. The normalized spacial score (nSPS) is 14.3. The van der Waals surface area contributed by atoms with Crippen molar-refractivity contribution in [3.05, 3.63) is 82.5 Å². The molecule has 1 fully saturated rings. The minimum absolute atomic E-state index is 0.0144. The van der Waals surface area contributed by atoms with E-state index < -0.39 is 15.9 Å². The summed E-state index contributed by atoms with van der Waals surface area (Å²) in [5.41, 5.74) is 1.19. The van der Waals surface area contributed by atoms with Crippen LogP contribution in [0.15, 0.2) is 71.8 Å². The molecule has 0 aliphatic carbocycles. The van der Waals surface area contributed by atoms with E-state index in [0.29, 0.717) is 10.8 Å². The van der Waals surface area contributed by atoms with Gasteiger partial charge in [0.05, 0.1) is 10.6 Å². The summed E-state index contributed by atoms with van der Waals surface area (Å²) in [6.45, 7) is 3.20. The van der Waals surface area contributed by atoms with Gasteiger partial charge in [-0.3, -0.25) is 4.79 Å². The van der Waals surface area contributed by atoms with Crippen LogP contribution in [0, 0.1) is 0 Å². The Morgan fingerprint density at radius 1 is 0.906 bits per heavy atom. The molecule has 7 nitrogen and oxygen atoms in total. The van der Waals surface area contributed by atoms with E-state index in [4.69, 9.17) is 23.2 Å². The molecule has 2 aromatic carbocycles. The number of hydrogen-bond donors (Lipinski definition) is 1. The van der Waals surface area contributed by atoms with Crippen LogP contribution in [-0.2, 0) is 10.0 Å². The van der Waals surface area contributed by atoms with E-state index >= 15 is 0 Å². The largest absolute Gasteiger partial charge is 0.368 e. The number of sulfonamides is 1. The molecule has 0 unspecified atom stereocenters. The van der Waals surface area contributed by atoms with Gasteiger partial charge in [0, 0.05) is 43.1 Å². The molecule has 2 heterocycles. The lowest BCUT2D eigenvalue weighted by atomic mass is 10.2. The molecular weight excluding hydrogens is 471 g/mol. The van der Waals surface area contributed by atoms with Gasteiger partial charge in [-0.15, -0.1) is 0 Å². The number of amides is 1. The first-order valence-corrected chi connectivity index (χ1v) is 12.1. The van der Waals surface area contributed by atoms with Crippen LogP contribution in [0.4, 0.5) is 11.5 Å². The van der Waals surface area contributed by atoms with Crippen molar-refractivity contribution in [2.45, 2.75) is 4.90 Å². The van der Waals surface area contributed by atoms with Gasteiger partial charge in [-0.25, -0.2) is 18.1 Å². The van der Waals surface area contributed by atoms with Gasteiger partial charge in [0.2, 0.25) is 0 Å². The zero-order valence-corrected chi connectivity index (χ0v) is 19.2. The number of anilines is 2. The van der Waals surface area contributed by atoms with Crippen LogP contribution < -0.4 is 14.5 Å². The Balaban J connectivity index is 1.41. The van der Waals surface area contributed by atoms with Gasteiger partial charge in [-0.2, -0.15) is 0 Å². The van der Waals surface area contributed by atoms with Crippen molar-refractivity contribution in [1.82, 2.24) is 9.71 Å². The smallest absolute Gasteiger partial charge is 0.266 e. The van der Waals surface area contributed by atoms with E-state index in [1.54, 1.807) is 6.07 Å². The van der Waals surface area contributed by atoms with Crippen molar-refractivity contribution >= 4 is 50.6 Å². The number of piperazine rings is 1. The summed E-state index contributed by atoms with van der Waals surface area (Å²) in [6.07, 6.45) is 1.25. The highest BCUT2D eigenvalue weighted by Crippen LogP contribution is 2.22. The van der Waals surface area contributed by atoms with Crippen LogP contribution in [0.1, 0.15) is 10.4 Å². The Hall–Kier alpha value is -2.81. The third kappa shape index (κ3) is 4.98. The molecule has 10 heteroatoms. The van der Waals surface area contributed by atoms with Crippen LogP contribution in [0.5, 0.6) is 0 Å².